The van der Waals surface area contributed by atoms with E-state index in [9.17, 15) is 9.59 Å². The molecular weight excluding hydrogens is 382 g/mol. The molecule has 156 valence electrons. The van der Waals surface area contributed by atoms with Crippen molar-refractivity contribution in [1.82, 2.24) is 14.7 Å². The monoisotopic (exact) mass is 407 g/mol. The second kappa shape index (κ2) is 9.73. The van der Waals surface area contributed by atoms with Crippen molar-refractivity contribution < 1.29 is 19.1 Å². The van der Waals surface area contributed by atoms with Crippen LogP contribution in [0.4, 0.5) is 0 Å². The zero-order valence-electron chi connectivity index (χ0n) is 17.4. The summed E-state index contributed by atoms with van der Waals surface area (Å²) in [6.45, 7) is 4.59. The Kier molecular flexibility index (Phi) is 6.85. The predicted octanol–water partition coefficient (Wildman–Crippen LogP) is 3.57. The van der Waals surface area contributed by atoms with E-state index in [2.05, 4.69) is 5.10 Å². The Morgan fingerprint density at radius 3 is 2.27 bits per heavy atom. The van der Waals surface area contributed by atoms with Crippen molar-refractivity contribution in [3.63, 3.8) is 0 Å². The van der Waals surface area contributed by atoms with Gasteiger partial charge in [0, 0.05) is 24.8 Å². The minimum absolute atomic E-state index is 0.227. The Bertz CT molecular complexity index is 993. The highest BCUT2D eigenvalue weighted by molar-refractivity contribution is 5.97. The first kappa shape index (κ1) is 21.1. The van der Waals surface area contributed by atoms with E-state index in [0.29, 0.717) is 24.5 Å². The SMILES string of the molecule is CCN(CC)C(=O)COC(=O)c1cn(-c2ccccc2)nc1-c1ccc(OC)cc1. The number of likely N-dealkylation sites (N-methyl/N-ethyl adjacent to an activating group) is 1. The van der Waals surface area contributed by atoms with Crippen LogP contribution in [0.25, 0.3) is 16.9 Å². The van der Waals surface area contributed by atoms with Crippen LogP contribution in [-0.2, 0) is 9.53 Å². The number of ether oxygens (including phenoxy) is 2. The van der Waals surface area contributed by atoms with Crippen LogP contribution in [0.3, 0.4) is 0 Å². The molecule has 0 aliphatic rings. The summed E-state index contributed by atoms with van der Waals surface area (Å²) in [5, 5.41) is 4.60. The molecule has 3 aromatic rings. The smallest absolute Gasteiger partial charge is 0.342 e. The molecular formula is C23H25N3O4. The summed E-state index contributed by atoms with van der Waals surface area (Å²) in [6.07, 6.45) is 1.62. The maximum absolute atomic E-state index is 12.8. The molecule has 3 rings (SSSR count). The van der Waals surface area contributed by atoms with Crippen molar-refractivity contribution in [3.8, 4) is 22.7 Å². The molecule has 0 aliphatic heterocycles. The van der Waals surface area contributed by atoms with Gasteiger partial charge in [-0.3, -0.25) is 4.79 Å². The van der Waals surface area contributed by atoms with E-state index in [1.54, 1.807) is 35.0 Å². The number of esters is 1. The van der Waals surface area contributed by atoms with Gasteiger partial charge >= 0.3 is 5.97 Å². The average molecular weight is 407 g/mol. The van der Waals surface area contributed by atoms with E-state index in [0.717, 1.165) is 11.3 Å². The Morgan fingerprint density at radius 2 is 1.67 bits per heavy atom. The molecule has 0 unspecified atom stereocenters. The Balaban J connectivity index is 1.91. The van der Waals surface area contributed by atoms with Gasteiger partial charge in [0.05, 0.1) is 12.8 Å². The standard InChI is InChI=1S/C23H25N3O4/c1-4-25(5-2)21(27)16-30-23(28)20-15-26(18-9-7-6-8-10-18)24-22(20)17-11-13-19(29-3)14-12-17/h6-15H,4-5,16H2,1-3H3. The molecule has 0 fully saturated rings. The number of methoxy groups -OCH3 is 1. The first-order valence-corrected chi connectivity index (χ1v) is 9.81. The van der Waals surface area contributed by atoms with E-state index < -0.39 is 5.97 Å². The van der Waals surface area contributed by atoms with E-state index >= 15 is 0 Å². The summed E-state index contributed by atoms with van der Waals surface area (Å²) in [6, 6.07) is 16.7. The zero-order chi connectivity index (χ0) is 21.5. The lowest BCUT2D eigenvalue weighted by atomic mass is 10.1. The van der Waals surface area contributed by atoms with Crippen LogP contribution in [0.5, 0.6) is 5.75 Å². The predicted molar refractivity (Wildman–Crippen MR) is 114 cm³/mol. The molecule has 7 heteroatoms. The van der Waals surface area contributed by atoms with Crippen LogP contribution in [0.2, 0.25) is 0 Å². The molecule has 0 radical (unpaired) electrons. The number of nitrogens with zero attached hydrogens (tertiary/aromatic N) is 3. The van der Waals surface area contributed by atoms with Gasteiger partial charge in [-0.05, 0) is 50.2 Å². The quantitative estimate of drug-likeness (QED) is 0.534. The molecule has 2 aromatic carbocycles. The first-order valence-electron chi connectivity index (χ1n) is 9.81. The molecule has 1 heterocycles. The molecule has 0 saturated heterocycles. The van der Waals surface area contributed by atoms with E-state index in [-0.39, 0.29) is 18.1 Å². The molecule has 1 aromatic heterocycles. The number of benzene rings is 2. The van der Waals surface area contributed by atoms with Crippen molar-refractivity contribution in [3.05, 3.63) is 66.4 Å². The molecule has 0 saturated carbocycles. The summed E-state index contributed by atoms with van der Waals surface area (Å²) in [5.74, 6) is -0.117. The van der Waals surface area contributed by atoms with Crippen LogP contribution >= 0.6 is 0 Å². The molecule has 1 amide bonds. The Hall–Kier alpha value is -3.61. The molecule has 0 aliphatic carbocycles. The number of amides is 1. The van der Waals surface area contributed by atoms with Gasteiger partial charge in [0.25, 0.3) is 5.91 Å². The van der Waals surface area contributed by atoms with Crippen LogP contribution in [-0.4, -0.2) is 53.4 Å². The largest absolute Gasteiger partial charge is 0.497 e. The fourth-order valence-electron chi connectivity index (χ4n) is 3.07. The van der Waals surface area contributed by atoms with Crippen molar-refractivity contribution in [2.45, 2.75) is 13.8 Å². The fraction of sp³-hybridized carbons (Fsp3) is 0.261. The molecule has 30 heavy (non-hydrogen) atoms. The zero-order valence-corrected chi connectivity index (χ0v) is 17.4. The van der Waals surface area contributed by atoms with Gasteiger partial charge in [-0.1, -0.05) is 18.2 Å². The van der Waals surface area contributed by atoms with Crippen molar-refractivity contribution >= 4 is 11.9 Å². The molecule has 0 atom stereocenters. The van der Waals surface area contributed by atoms with Gasteiger partial charge < -0.3 is 14.4 Å². The summed E-state index contributed by atoms with van der Waals surface area (Å²) in [4.78, 5) is 26.7. The summed E-state index contributed by atoms with van der Waals surface area (Å²) < 4.78 is 12.2. The van der Waals surface area contributed by atoms with Gasteiger partial charge in [0.2, 0.25) is 0 Å². The normalized spacial score (nSPS) is 10.5. The highest BCUT2D eigenvalue weighted by atomic mass is 16.5. The molecule has 0 spiro atoms. The van der Waals surface area contributed by atoms with Crippen molar-refractivity contribution in [2.24, 2.45) is 0 Å². The van der Waals surface area contributed by atoms with Crippen molar-refractivity contribution in [1.29, 1.82) is 0 Å². The summed E-state index contributed by atoms with van der Waals surface area (Å²) in [7, 11) is 1.59. The lowest BCUT2D eigenvalue weighted by molar-refractivity contribution is -0.134. The summed E-state index contributed by atoms with van der Waals surface area (Å²) in [5.41, 5.74) is 2.32. The third-order valence-electron chi connectivity index (χ3n) is 4.76. The Labute approximate surface area is 175 Å². The number of rotatable bonds is 8. The van der Waals surface area contributed by atoms with Crippen LogP contribution in [0, 0.1) is 0 Å². The third-order valence-corrected chi connectivity index (χ3v) is 4.76. The number of para-hydroxylation sites is 1. The number of aromatic nitrogens is 2. The second-order valence-corrected chi connectivity index (χ2v) is 6.54. The highest BCUT2D eigenvalue weighted by Crippen LogP contribution is 2.26. The van der Waals surface area contributed by atoms with Gasteiger partial charge in [-0.15, -0.1) is 0 Å². The third kappa shape index (κ3) is 4.68. The minimum atomic E-state index is -0.594. The van der Waals surface area contributed by atoms with E-state index in [1.165, 1.54) is 0 Å². The van der Waals surface area contributed by atoms with Gasteiger partial charge in [-0.25, -0.2) is 9.48 Å². The number of carbonyl (C=O) groups is 2. The van der Waals surface area contributed by atoms with Gasteiger partial charge in [0.1, 0.15) is 17.0 Å². The van der Waals surface area contributed by atoms with Gasteiger partial charge in [-0.2, -0.15) is 5.10 Å². The average Bonchev–Trinajstić information content (AvgIpc) is 3.24. The van der Waals surface area contributed by atoms with Crippen LogP contribution < -0.4 is 4.74 Å². The highest BCUT2D eigenvalue weighted by Gasteiger charge is 2.22. The lowest BCUT2D eigenvalue weighted by Gasteiger charge is -2.18. The second-order valence-electron chi connectivity index (χ2n) is 6.54. The van der Waals surface area contributed by atoms with Crippen LogP contribution in [0.15, 0.2) is 60.8 Å². The van der Waals surface area contributed by atoms with Crippen LogP contribution in [0.1, 0.15) is 24.2 Å². The van der Waals surface area contributed by atoms with Gasteiger partial charge in [0.15, 0.2) is 6.61 Å². The van der Waals surface area contributed by atoms with Crippen molar-refractivity contribution in [2.75, 3.05) is 26.8 Å². The molecule has 0 bridgehead atoms. The number of hydrogen-bond acceptors (Lipinski definition) is 5. The molecule has 7 nitrogen and oxygen atoms in total. The molecule has 0 N–H and O–H groups in total. The summed E-state index contributed by atoms with van der Waals surface area (Å²) >= 11 is 0. The number of carbonyl (C=O) groups excluding carboxylic acids is 2. The maximum Gasteiger partial charge on any atom is 0.342 e. The Morgan fingerprint density at radius 1 is 1.00 bits per heavy atom. The first-order chi connectivity index (χ1) is 14.6. The van der Waals surface area contributed by atoms with E-state index in [1.807, 2.05) is 56.3 Å². The fourth-order valence-corrected chi connectivity index (χ4v) is 3.07. The van der Waals surface area contributed by atoms with E-state index in [4.69, 9.17) is 9.47 Å². The number of hydrogen-bond donors (Lipinski definition) is 0. The minimum Gasteiger partial charge on any atom is -0.497 e. The topological polar surface area (TPSA) is 73.7 Å². The lowest BCUT2D eigenvalue weighted by Crippen LogP contribution is -2.34. The maximum atomic E-state index is 12.8.